The zero-order chi connectivity index (χ0) is 12.8. The number of hydrogen-bond acceptors (Lipinski definition) is 2. The number of carbonyl (C=O) groups excluding carboxylic acids is 2. The number of rotatable bonds is 6. The van der Waals surface area contributed by atoms with E-state index in [1.165, 1.54) is 0 Å². The summed E-state index contributed by atoms with van der Waals surface area (Å²) in [5.74, 6) is 0.495. The molecule has 0 saturated heterocycles. The van der Waals surface area contributed by atoms with Crippen molar-refractivity contribution in [1.29, 1.82) is 0 Å². The van der Waals surface area contributed by atoms with Crippen LogP contribution in [-0.2, 0) is 9.59 Å². The highest BCUT2D eigenvalue weighted by atomic mass is 16.2. The van der Waals surface area contributed by atoms with Crippen molar-refractivity contribution in [1.82, 2.24) is 5.32 Å². The normalized spacial score (nSPS) is 13.3. The van der Waals surface area contributed by atoms with Gasteiger partial charge in [-0.25, -0.2) is 0 Å². The molecule has 0 aliphatic carbocycles. The Morgan fingerprint density at radius 3 is 2.25 bits per heavy atom. The molecule has 1 N–H and O–H groups in total. The van der Waals surface area contributed by atoms with Crippen LogP contribution in [0.25, 0.3) is 0 Å². The van der Waals surface area contributed by atoms with E-state index in [-0.39, 0.29) is 17.2 Å². The van der Waals surface area contributed by atoms with Crippen molar-refractivity contribution in [2.75, 3.05) is 6.54 Å². The molecule has 0 aromatic heterocycles. The molecular formula is C13H25NO2. The first-order valence-electron chi connectivity index (χ1n) is 6.10. The molecule has 16 heavy (non-hydrogen) atoms. The third kappa shape index (κ3) is 5.89. The standard InChI is InChI=1S/C13H25NO2/c1-6-10(2)11(15)8-7-9-14-12(16)13(3,4)5/h10H,6-9H2,1-5H3,(H,14,16). The number of nitrogens with one attached hydrogen (secondary N) is 1. The Morgan fingerprint density at radius 2 is 1.81 bits per heavy atom. The van der Waals surface area contributed by atoms with E-state index in [0.29, 0.717) is 18.7 Å². The lowest BCUT2D eigenvalue weighted by Gasteiger charge is -2.17. The van der Waals surface area contributed by atoms with Crippen molar-refractivity contribution >= 4 is 11.7 Å². The van der Waals surface area contributed by atoms with E-state index in [2.05, 4.69) is 5.32 Å². The van der Waals surface area contributed by atoms with E-state index < -0.39 is 0 Å². The summed E-state index contributed by atoms with van der Waals surface area (Å²) in [6.07, 6.45) is 2.21. The monoisotopic (exact) mass is 227 g/mol. The zero-order valence-electron chi connectivity index (χ0n) is 11.2. The van der Waals surface area contributed by atoms with Crippen LogP contribution in [0.1, 0.15) is 53.9 Å². The highest BCUT2D eigenvalue weighted by Gasteiger charge is 2.20. The molecule has 94 valence electrons. The summed E-state index contributed by atoms with van der Waals surface area (Å²) in [6, 6.07) is 0. The Balaban J connectivity index is 3.70. The Labute approximate surface area is 99.0 Å². The van der Waals surface area contributed by atoms with Crippen LogP contribution >= 0.6 is 0 Å². The molecule has 0 rings (SSSR count). The fourth-order valence-electron chi connectivity index (χ4n) is 1.20. The van der Waals surface area contributed by atoms with Crippen LogP contribution in [-0.4, -0.2) is 18.2 Å². The second kappa shape index (κ2) is 6.66. The summed E-state index contributed by atoms with van der Waals surface area (Å²) >= 11 is 0. The molecule has 0 aliphatic rings. The van der Waals surface area contributed by atoms with Crippen LogP contribution in [0.15, 0.2) is 0 Å². The average Bonchev–Trinajstić information content (AvgIpc) is 2.20. The zero-order valence-corrected chi connectivity index (χ0v) is 11.2. The minimum absolute atomic E-state index is 0.0449. The van der Waals surface area contributed by atoms with E-state index in [1.807, 2.05) is 34.6 Å². The van der Waals surface area contributed by atoms with Gasteiger partial charge in [0.25, 0.3) is 0 Å². The van der Waals surface area contributed by atoms with Gasteiger partial charge in [-0.05, 0) is 12.8 Å². The van der Waals surface area contributed by atoms with Gasteiger partial charge in [-0.3, -0.25) is 9.59 Å². The number of carbonyl (C=O) groups is 2. The van der Waals surface area contributed by atoms with Gasteiger partial charge in [-0.15, -0.1) is 0 Å². The summed E-state index contributed by atoms with van der Waals surface area (Å²) in [4.78, 5) is 23.0. The van der Waals surface area contributed by atoms with Gasteiger partial charge in [-0.2, -0.15) is 0 Å². The second-order valence-electron chi connectivity index (χ2n) is 5.39. The highest BCUT2D eigenvalue weighted by molar-refractivity contribution is 5.82. The first-order chi connectivity index (χ1) is 7.29. The van der Waals surface area contributed by atoms with E-state index in [0.717, 1.165) is 12.8 Å². The summed E-state index contributed by atoms with van der Waals surface area (Å²) in [5, 5.41) is 2.84. The van der Waals surface area contributed by atoms with Crippen LogP contribution in [0.5, 0.6) is 0 Å². The van der Waals surface area contributed by atoms with Gasteiger partial charge in [0.15, 0.2) is 0 Å². The molecule has 1 amide bonds. The summed E-state index contributed by atoms with van der Waals surface area (Å²) in [7, 11) is 0. The highest BCUT2D eigenvalue weighted by Crippen LogP contribution is 2.12. The molecule has 1 atom stereocenters. The smallest absolute Gasteiger partial charge is 0.225 e. The molecule has 0 fully saturated rings. The number of amides is 1. The van der Waals surface area contributed by atoms with Crippen LogP contribution in [0.2, 0.25) is 0 Å². The van der Waals surface area contributed by atoms with E-state index >= 15 is 0 Å². The molecular weight excluding hydrogens is 202 g/mol. The molecule has 3 nitrogen and oxygen atoms in total. The number of Topliss-reactive ketones (excluding diaryl/α,β-unsaturated/α-hetero) is 1. The SMILES string of the molecule is CCC(C)C(=O)CCCNC(=O)C(C)(C)C. The van der Waals surface area contributed by atoms with Gasteiger partial charge in [-0.1, -0.05) is 34.6 Å². The van der Waals surface area contributed by atoms with Crippen molar-refractivity contribution in [3.8, 4) is 0 Å². The first kappa shape index (κ1) is 15.1. The lowest BCUT2D eigenvalue weighted by Crippen LogP contribution is -2.35. The summed E-state index contributed by atoms with van der Waals surface area (Å²) in [5.41, 5.74) is -0.347. The summed E-state index contributed by atoms with van der Waals surface area (Å²) < 4.78 is 0. The Kier molecular flexibility index (Phi) is 6.31. The van der Waals surface area contributed by atoms with Crippen molar-refractivity contribution in [2.24, 2.45) is 11.3 Å². The van der Waals surface area contributed by atoms with E-state index in [1.54, 1.807) is 0 Å². The third-order valence-corrected chi connectivity index (χ3v) is 2.73. The largest absolute Gasteiger partial charge is 0.356 e. The molecule has 0 aromatic rings. The fraction of sp³-hybridized carbons (Fsp3) is 0.846. The molecule has 3 heteroatoms. The molecule has 0 radical (unpaired) electrons. The predicted molar refractivity (Wildman–Crippen MR) is 66.2 cm³/mol. The number of hydrogen-bond donors (Lipinski definition) is 1. The maximum atomic E-state index is 11.5. The van der Waals surface area contributed by atoms with Gasteiger partial charge in [0, 0.05) is 24.3 Å². The van der Waals surface area contributed by atoms with Crippen molar-refractivity contribution < 1.29 is 9.59 Å². The third-order valence-electron chi connectivity index (χ3n) is 2.73. The van der Waals surface area contributed by atoms with Crippen LogP contribution < -0.4 is 5.32 Å². The molecule has 0 heterocycles. The lowest BCUT2D eigenvalue weighted by atomic mass is 9.95. The minimum atomic E-state index is -0.347. The van der Waals surface area contributed by atoms with Crippen LogP contribution in [0.4, 0.5) is 0 Å². The van der Waals surface area contributed by atoms with Gasteiger partial charge in [0.05, 0.1) is 0 Å². The van der Waals surface area contributed by atoms with Crippen molar-refractivity contribution in [2.45, 2.75) is 53.9 Å². The van der Waals surface area contributed by atoms with Gasteiger partial charge in [0.2, 0.25) is 5.91 Å². The fourth-order valence-corrected chi connectivity index (χ4v) is 1.20. The quantitative estimate of drug-likeness (QED) is 0.709. The Bertz CT molecular complexity index is 241. The molecule has 0 aliphatic heterocycles. The van der Waals surface area contributed by atoms with E-state index in [4.69, 9.17) is 0 Å². The molecule has 0 aromatic carbocycles. The Morgan fingerprint density at radius 1 is 1.25 bits per heavy atom. The van der Waals surface area contributed by atoms with Crippen LogP contribution in [0, 0.1) is 11.3 Å². The second-order valence-corrected chi connectivity index (χ2v) is 5.39. The summed E-state index contributed by atoms with van der Waals surface area (Å²) in [6.45, 7) is 10.2. The van der Waals surface area contributed by atoms with E-state index in [9.17, 15) is 9.59 Å². The molecule has 0 bridgehead atoms. The lowest BCUT2D eigenvalue weighted by molar-refractivity contribution is -0.128. The molecule has 1 unspecified atom stereocenters. The van der Waals surface area contributed by atoms with Crippen molar-refractivity contribution in [3.63, 3.8) is 0 Å². The average molecular weight is 227 g/mol. The van der Waals surface area contributed by atoms with Crippen LogP contribution in [0.3, 0.4) is 0 Å². The topological polar surface area (TPSA) is 46.2 Å². The van der Waals surface area contributed by atoms with Gasteiger partial charge in [0.1, 0.15) is 5.78 Å². The first-order valence-corrected chi connectivity index (χ1v) is 6.10. The minimum Gasteiger partial charge on any atom is -0.356 e. The van der Waals surface area contributed by atoms with Gasteiger partial charge >= 0.3 is 0 Å². The maximum Gasteiger partial charge on any atom is 0.225 e. The molecule has 0 saturated carbocycles. The Hall–Kier alpha value is -0.860. The maximum absolute atomic E-state index is 11.5. The van der Waals surface area contributed by atoms with Gasteiger partial charge < -0.3 is 5.32 Å². The number of ketones is 1. The molecule has 0 spiro atoms. The van der Waals surface area contributed by atoms with Crippen molar-refractivity contribution in [3.05, 3.63) is 0 Å². The predicted octanol–water partition coefficient (Wildman–Crippen LogP) is 2.54.